The third kappa shape index (κ3) is 14.3. The number of piperazine rings is 1. The summed E-state index contributed by atoms with van der Waals surface area (Å²) < 4.78 is 161. The highest BCUT2D eigenvalue weighted by atomic mass is 19.4. The maximum Gasteiger partial charge on any atom is 0.407 e. The number of benzene rings is 2. The SMILES string of the molecule is COC(=O)NC(C(=O)N[C@@H](Cc1ccc(C#Cc2cnc(N3CC4CCC(C3)N4C3COC3)cn2)cc1)[C@@H](O)CN(Cc1c(F)cc(-c2ccn(C(F)F)n2)cc1F)NC(=O)[C@@H](NC(=O)OC)C(C)(C)C(F)(F)F)C(C)(C)C(F)(F)F. The molecule has 0 aliphatic carbocycles. The van der Waals surface area contributed by atoms with Crippen molar-refractivity contribution in [1.82, 2.24) is 51.0 Å². The Balaban J connectivity index is 1.18. The Morgan fingerprint density at radius 3 is 1.84 bits per heavy atom. The molecule has 7 rings (SSSR count). The van der Waals surface area contributed by atoms with Crippen molar-refractivity contribution >= 4 is 29.8 Å². The summed E-state index contributed by atoms with van der Waals surface area (Å²) in [4.78, 5) is 66.7. The zero-order valence-electron chi connectivity index (χ0n) is 44.5. The number of rotatable bonds is 19. The molecule has 4 amide bonds. The van der Waals surface area contributed by atoms with E-state index in [2.05, 4.69) is 51.5 Å². The number of alkyl carbamates (subject to hydrolysis) is 2. The maximum absolute atomic E-state index is 16.0. The van der Waals surface area contributed by atoms with Gasteiger partial charge in [-0.25, -0.2) is 38.0 Å². The van der Waals surface area contributed by atoms with Gasteiger partial charge in [0.2, 0.25) is 5.91 Å². The molecule has 3 aliphatic heterocycles. The summed E-state index contributed by atoms with van der Waals surface area (Å²) in [5.41, 5.74) is -4.74. The molecule has 19 nitrogen and oxygen atoms in total. The van der Waals surface area contributed by atoms with Crippen molar-refractivity contribution in [2.45, 2.75) is 115 Å². The summed E-state index contributed by atoms with van der Waals surface area (Å²) in [5.74, 6) is 0.481. The van der Waals surface area contributed by atoms with E-state index in [0.29, 0.717) is 80.0 Å². The molecule has 29 heteroatoms. The second kappa shape index (κ2) is 24.8. The minimum atomic E-state index is -5.23. The monoisotopic (exact) mass is 1160 g/mol. The number of hydrazine groups is 1. The molecule has 3 unspecified atom stereocenters. The summed E-state index contributed by atoms with van der Waals surface area (Å²) >= 11 is 0. The van der Waals surface area contributed by atoms with Crippen LogP contribution in [-0.2, 0) is 36.8 Å². The average molecular weight is 1160 g/mol. The standard InChI is InChI=1S/C52H59F10N11O8/c1-49(2,51(57,58)59)42(66-47(77)79-5)44(75)65-39(17-29-9-7-28(8-10-29)11-12-31-20-64-41(21-63-31)70-22-32-13-14-33(23-70)73(32)34-26-81-27-34)40(74)25-71(69-45(76)43(67-48(78)80-6)50(3,4)52(60,61)62)24-35-36(53)18-30(19-37(35)54)38-15-16-72(68-38)46(55)56/h7-10,15-16,18-21,32-34,39-40,42-43,46,74H,13-14,17,22-27H2,1-6H3,(H,65,75)(H,66,77)(H,67,78)(H,69,76)/t32?,33?,39-,40-,42?,43+/m0/s1. The Hall–Kier alpha value is -7.29. The number of nitrogens with one attached hydrogen (secondary N) is 4. The second-order valence-electron chi connectivity index (χ2n) is 20.8. The van der Waals surface area contributed by atoms with E-state index >= 15 is 8.78 Å². The van der Waals surface area contributed by atoms with E-state index in [1.807, 2.05) is 10.7 Å². The fraction of sp³-hybridized carbons (Fsp3) is 0.519. The predicted molar refractivity (Wildman–Crippen MR) is 267 cm³/mol. The average Bonchev–Trinajstić information content (AvgIpc) is 3.98. The number of carbonyl (C=O) groups excluding carboxylic acids is 4. The molecule has 81 heavy (non-hydrogen) atoms. The molecule has 0 saturated carbocycles. The largest absolute Gasteiger partial charge is 0.453 e. The van der Waals surface area contributed by atoms with E-state index in [1.165, 1.54) is 30.5 Å². The van der Waals surface area contributed by atoms with E-state index in [9.17, 15) is 59.4 Å². The lowest BCUT2D eigenvalue weighted by molar-refractivity contribution is -0.221. The minimum absolute atomic E-state index is 0.197. The van der Waals surface area contributed by atoms with Crippen molar-refractivity contribution in [3.8, 4) is 23.1 Å². The first-order valence-corrected chi connectivity index (χ1v) is 25.2. The highest BCUT2D eigenvalue weighted by Crippen LogP contribution is 2.42. The van der Waals surface area contributed by atoms with Crippen molar-refractivity contribution < 1.29 is 82.4 Å². The van der Waals surface area contributed by atoms with E-state index in [4.69, 9.17) is 4.74 Å². The topological polar surface area (TPSA) is 218 Å². The smallest absolute Gasteiger partial charge is 0.407 e. The van der Waals surface area contributed by atoms with Gasteiger partial charge in [-0.05, 0) is 88.8 Å². The first-order valence-electron chi connectivity index (χ1n) is 25.2. The zero-order chi connectivity index (χ0) is 59.4. The van der Waals surface area contributed by atoms with Crippen LogP contribution in [0.1, 0.15) is 69.5 Å². The molecule has 2 aromatic heterocycles. The first-order chi connectivity index (χ1) is 38.0. The summed E-state index contributed by atoms with van der Waals surface area (Å²) in [7, 11) is 1.60. The molecular formula is C52H59F10N11O8. The van der Waals surface area contributed by atoms with Crippen LogP contribution in [0.3, 0.4) is 0 Å². The number of aliphatic hydroxyl groups is 1. The molecule has 4 aromatic rings. The number of anilines is 1. The summed E-state index contributed by atoms with van der Waals surface area (Å²) in [6, 6.07) is 2.70. The van der Waals surface area contributed by atoms with Gasteiger partial charge < -0.3 is 40.2 Å². The molecule has 3 fully saturated rings. The highest BCUT2D eigenvalue weighted by molar-refractivity contribution is 5.87. The number of aromatic nitrogens is 4. The van der Waals surface area contributed by atoms with Gasteiger partial charge in [0.1, 0.15) is 35.2 Å². The normalized spacial score (nSPS) is 18.5. The maximum atomic E-state index is 16.0. The lowest BCUT2D eigenvalue weighted by Gasteiger charge is -2.47. The number of ether oxygens (including phenoxy) is 3. The Morgan fingerprint density at radius 1 is 0.790 bits per heavy atom. The summed E-state index contributed by atoms with van der Waals surface area (Å²) in [6.07, 6.45) is -9.88. The lowest BCUT2D eigenvalue weighted by Crippen LogP contribution is -2.63. The van der Waals surface area contributed by atoms with Crippen LogP contribution in [0.25, 0.3) is 11.3 Å². The number of hydrogen-bond donors (Lipinski definition) is 5. The molecule has 2 aromatic carbocycles. The third-order valence-corrected chi connectivity index (χ3v) is 14.7. The molecule has 440 valence electrons. The molecule has 5 N–H and O–H groups in total. The fourth-order valence-electron chi connectivity index (χ4n) is 9.57. The van der Waals surface area contributed by atoms with Gasteiger partial charge in [0.15, 0.2) is 0 Å². The molecule has 6 atom stereocenters. The Morgan fingerprint density at radius 2 is 1.36 bits per heavy atom. The number of carbonyl (C=O) groups is 4. The quantitative estimate of drug-likeness (QED) is 0.0413. The minimum Gasteiger partial charge on any atom is -0.453 e. The number of hydrogen-bond acceptors (Lipinski definition) is 14. The summed E-state index contributed by atoms with van der Waals surface area (Å²) in [5, 5.41) is 22.0. The molecular weight excluding hydrogens is 1100 g/mol. The zero-order valence-corrected chi connectivity index (χ0v) is 44.5. The van der Waals surface area contributed by atoms with Gasteiger partial charge in [-0.2, -0.15) is 40.2 Å². The molecule has 0 radical (unpaired) electrons. The van der Waals surface area contributed by atoms with Crippen molar-refractivity contribution in [2.24, 2.45) is 10.8 Å². The lowest BCUT2D eigenvalue weighted by atomic mass is 9.82. The van der Waals surface area contributed by atoms with Crippen molar-refractivity contribution in [3.63, 3.8) is 0 Å². The van der Waals surface area contributed by atoms with Crippen LogP contribution in [0.2, 0.25) is 0 Å². The van der Waals surface area contributed by atoms with E-state index in [-0.39, 0.29) is 21.5 Å². The van der Waals surface area contributed by atoms with Gasteiger partial charge in [-0.3, -0.25) is 19.9 Å². The van der Waals surface area contributed by atoms with Gasteiger partial charge in [0.05, 0.1) is 74.5 Å². The van der Waals surface area contributed by atoms with E-state index < -0.39 is 115 Å². The van der Waals surface area contributed by atoms with Crippen molar-refractivity contribution in [1.29, 1.82) is 0 Å². The van der Waals surface area contributed by atoms with Gasteiger partial charge in [0, 0.05) is 61.1 Å². The number of aliphatic hydroxyl groups excluding tert-OH is 1. The van der Waals surface area contributed by atoms with Crippen LogP contribution in [0.4, 0.5) is 59.3 Å². The van der Waals surface area contributed by atoms with E-state index in [0.717, 1.165) is 65.6 Å². The van der Waals surface area contributed by atoms with Crippen molar-refractivity contribution in [3.05, 3.63) is 95.1 Å². The van der Waals surface area contributed by atoms with Crippen LogP contribution < -0.4 is 26.3 Å². The van der Waals surface area contributed by atoms with Gasteiger partial charge in [-0.1, -0.05) is 18.1 Å². The van der Waals surface area contributed by atoms with Crippen LogP contribution in [0.5, 0.6) is 0 Å². The van der Waals surface area contributed by atoms with Gasteiger partial charge in [0.25, 0.3) is 5.91 Å². The Bertz CT molecular complexity index is 2910. The molecule has 0 spiro atoms. The van der Waals surface area contributed by atoms with Crippen LogP contribution >= 0.6 is 0 Å². The van der Waals surface area contributed by atoms with Gasteiger partial charge >= 0.3 is 31.1 Å². The number of nitrogens with zero attached hydrogens (tertiary/aromatic N) is 7. The van der Waals surface area contributed by atoms with Crippen molar-refractivity contribution in [2.75, 3.05) is 52.0 Å². The summed E-state index contributed by atoms with van der Waals surface area (Å²) in [6.45, 7) is -0.0933. The number of amides is 4. The molecule has 2 bridgehead atoms. The number of alkyl halides is 8. The number of halogens is 10. The Kier molecular flexibility index (Phi) is 18.8. The second-order valence-corrected chi connectivity index (χ2v) is 20.8. The predicted octanol–water partition coefficient (Wildman–Crippen LogP) is 6.01. The number of fused-ring (bicyclic) bond motifs is 2. The van der Waals surface area contributed by atoms with Crippen LogP contribution in [0, 0.1) is 34.3 Å². The highest BCUT2D eigenvalue weighted by Gasteiger charge is 2.57. The third-order valence-electron chi connectivity index (χ3n) is 14.7. The molecule has 5 heterocycles. The first kappa shape index (κ1) is 61.3. The molecule has 3 aliphatic rings. The van der Waals surface area contributed by atoms with Crippen LogP contribution in [-0.4, -0.2) is 161 Å². The number of methoxy groups -OCH3 is 2. The molecule has 3 saturated heterocycles. The van der Waals surface area contributed by atoms with Crippen LogP contribution in [0.15, 0.2) is 61.1 Å². The van der Waals surface area contributed by atoms with E-state index in [1.54, 1.807) is 11.5 Å². The van der Waals surface area contributed by atoms with Gasteiger partial charge in [-0.15, -0.1) is 0 Å². The Labute approximate surface area is 458 Å². The fourth-order valence-corrected chi connectivity index (χ4v) is 9.57.